The molecule has 36 heavy (non-hydrogen) atoms. The first-order chi connectivity index (χ1) is 17.3. The van der Waals surface area contributed by atoms with Gasteiger partial charge in [0, 0.05) is 30.3 Å². The number of carbonyl (C=O) groups is 2. The standard InChI is InChI=1S/C28H27N3O5/c1-28(2,18-32)13-11-19-9-10-25-24(15-19)31(3)27(34)23(17-35-25)30-26(33)22-16-21(12-14-29-22)36-20-7-5-4-6-8-20/h4-10,12,14-16,23,32H,17-18H2,1-3H3,(H,30,33)/t23-/m0/s1. The average Bonchev–Trinajstić information content (AvgIpc) is 3.00. The molecule has 2 N–H and O–H groups in total. The molecule has 2 aromatic carbocycles. The number of carbonyl (C=O) groups excluding carboxylic acids is 2. The van der Waals surface area contributed by atoms with Crippen molar-refractivity contribution in [3.05, 3.63) is 78.1 Å². The van der Waals surface area contributed by atoms with Gasteiger partial charge in [-0.15, -0.1) is 0 Å². The zero-order chi connectivity index (χ0) is 25.7. The number of aromatic nitrogens is 1. The Labute approximate surface area is 209 Å². The largest absolute Gasteiger partial charge is 0.489 e. The molecule has 0 fully saturated rings. The second kappa shape index (κ2) is 10.5. The van der Waals surface area contributed by atoms with Crippen LogP contribution in [0.2, 0.25) is 0 Å². The highest BCUT2D eigenvalue weighted by atomic mass is 16.5. The second-order valence-corrected chi connectivity index (χ2v) is 9.00. The minimum Gasteiger partial charge on any atom is -0.489 e. The summed E-state index contributed by atoms with van der Waals surface area (Å²) in [6, 6.07) is 16.7. The summed E-state index contributed by atoms with van der Waals surface area (Å²) in [7, 11) is 1.62. The summed E-state index contributed by atoms with van der Waals surface area (Å²) in [6.45, 7) is 3.58. The van der Waals surface area contributed by atoms with Crippen molar-refractivity contribution in [1.29, 1.82) is 0 Å². The van der Waals surface area contributed by atoms with Crippen LogP contribution in [0, 0.1) is 17.3 Å². The highest BCUT2D eigenvalue weighted by Gasteiger charge is 2.31. The number of fused-ring (bicyclic) bond motifs is 1. The van der Waals surface area contributed by atoms with Gasteiger partial charge >= 0.3 is 0 Å². The van der Waals surface area contributed by atoms with Gasteiger partial charge in [0.25, 0.3) is 11.8 Å². The van der Waals surface area contributed by atoms with Crippen LogP contribution in [-0.2, 0) is 4.79 Å². The number of rotatable bonds is 5. The van der Waals surface area contributed by atoms with Crippen molar-refractivity contribution in [3.8, 4) is 29.1 Å². The summed E-state index contributed by atoms with van der Waals surface area (Å²) < 4.78 is 11.6. The number of aliphatic hydroxyl groups is 1. The second-order valence-electron chi connectivity index (χ2n) is 9.00. The van der Waals surface area contributed by atoms with Crippen molar-refractivity contribution < 1.29 is 24.2 Å². The van der Waals surface area contributed by atoms with Crippen LogP contribution in [0.25, 0.3) is 0 Å². The van der Waals surface area contributed by atoms with E-state index < -0.39 is 17.4 Å². The maximum atomic E-state index is 13.2. The lowest BCUT2D eigenvalue weighted by atomic mass is 9.95. The van der Waals surface area contributed by atoms with Crippen LogP contribution in [0.5, 0.6) is 17.2 Å². The maximum Gasteiger partial charge on any atom is 0.270 e. The van der Waals surface area contributed by atoms with E-state index in [-0.39, 0.29) is 24.8 Å². The molecule has 3 aromatic rings. The lowest BCUT2D eigenvalue weighted by Crippen LogP contribution is -2.49. The summed E-state index contributed by atoms with van der Waals surface area (Å²) >= 11 is 0. The Morgan fingerprint density at radius 2 is 1.97 bits per heavy atom. The summed E-state index contributed by atoms with van der Waals surface area (Å²) in [5, 5.41) is 12.1. The highest BCUT2D eigenvalue weighted by Crippen LogP contribution is 2.31. The van der Waals surface area contributed by atoms with Gasteiger partial charge in [0.15, 0.2) is 0 Å². The quantitative estimate of drug-likeness (QED) is 0.538. The number of para-hydroxylation sites is 1. The number of pyridine rings is 1. The molecular weight excluding hydrogens is 458 g/mol. The fourth-order valence-corrected chi connectivity index (χ4v) is 3.42. The molecule has 0 saturated carbocycles. The minimum absolute atomic E-state index is 0.0370. The van der Waals surface area contributed by atoms with Crippen LogP contribution in [0.1, 0.15) is 29.9 Å². The van der Waals surface area contributed by atoms with Crippen LogP contribution < -0.4 is 19.7 Å². The third kappa shape index (κ3) is 5.82. The molecule has 0 radical (unpaired) electrons. The molecule has 8 heteroatoms. The number of hydrogen-bond donors (Lipinski definition) is 2. The SMILES string of the molecule is CN1C(=O)[C@@H](NC(=O)c2cc(Oc3ccccc3)ccn2)COc2ccc(C#CC(C)(C)CO)cc21. The Kier molecular flexibility index (Phi) is 7.23. The number of nitrogens with zero attached hydrogens (tertiary/aromatic N) is 2. The predicted octanol–water partition coefficient (Wildman–Crippen LogP) is 3.40. The van der Waals surface area contributed by atoms with E-state index in [9.17, 15) is 14.7 Å². The van der Waals surface area contributed by atoms with Crippen LogP contribution in [0.3, 0.4) is 0 Å². The number of aliphatic hydroxyl groups excluding tert-OH is 1. The normalized spacial score (nSPS) is 15.1. The molecule has 0 spiro atoms. The van der Waals surface area contributed by atoms with E-state index in [0.29, 0.717) is 28.5 Å². The molecule has 4 rings (SSSR count). The van der Waals surface area contributed by atoms with Crippen molar-refractivity contribution in [2.45, 2.75) is 19.9 Å². The van der Waals surface area contributed by atoms with Gasteiger partial charge in [0.05, 0.1) is 12.3 Å². The van der Waals surface area contributed by atoms with Gasteiger partial charge in [0.1, 0.15) is 35.6 Å². The maximum absolute atomic E-state index is 13.2. The number of likely N-dealkylation sites (N-methyl/N-ethyl adjacent to an activating group) is 1. The molecule has 2 heterocycles. The molecule has 2 amide bonds. The molecule has 184 valence electrons. The van der Waals surface area contributed by atoms with Gasteiger partial charge in [-0.2, -0.15) is 0 Å². The van der Waals surface area contributed by atoms with E-state index in [0.717, 1.165) is 0 Å². The number of hydrogen-bond acceptors (Lipinski definition) is 6. The van der Waals surface area contributed by atoms with E-state index in [2.05, 4.69) is 22.1 Å². The highest BCUT2D eigenvalue weighted by molar-refractivity contribution is 6.03. The van der Waals surface area contributed by atoms with E-state index in [1.807, 2.05) is 32.0 Å². The van der Waals surface area contributed by atoms with Crippen LogP contribution >= 0.6 is 0 Å². The summed E-state index contributed by atoms with van der Waals surface area (Å²) in [4.78, 5) is 31.7. The Bertz CT molecular complexity index is 1330. The fraction of sp³-hybridized carbons (Fsp3) is 0.250. The molecule has 0 saturated heterocycles. The van der Waals surface area contributed by atoms with Crippen LogP contribution in [0.4, 0.5) is 5.69 Å². The van der Waals surface area contributed by atoms with Gasteiger partial charge < -0.3 is 24.8 Å². The van der Waals surface area contributed by atoms with Crippen molar-refractivity contribution in [3.63, 3.8) is 0 Å². The first-order valence-electron chi connectivity index (χ1n) is 11.4. The molecule has 0 bridgehead atoms. The first kappa shape index (κ1) is 24.8. The van der Waals surface area contributed by atoms with Crippen molar-refractivity contribution in [1.82, 2.24) is 10.3 Å². The smallest absolute Gasteiger partial charge is 0.270 e. The Hall–Kier alpha value is -4.35. The third-order valence-corrected chi connectivity index (χ3v) is 5.54. The van der Waals surface area contributed by atoms with Gasteiger partial charge in [-0.05, 0) is 50.2 Å². The van der Waals surface area contributed by atoms with Gasteiger partial charge in [-0.25, -0.2) is 0 Å². The van der Waals surface area contributed by atoms with E-state index >= 15 is 0 Å². The Morgan fingerprint density at radius 1 is 1.19 bits per heavy atom. The van der Waals surface area contributed by atoms with Gasteiger partial charge in [-0.3, -0.25) is 14.6 Å². The van der Waals surface area contributed by atoms with Crippen LogP contribution in [0.15, 0.2) is 66.9 Å². The lowest BCUT2D eigenvalue weighted by Gasteiger charge is -2.20. The molecule has 1 aliphatic heterocycles. The average molecular weight is 486 g/mol. The Morgan fingerprint density at radius 3 is 2.72 bits per heavy atom. The number of amides is 2. The predicted molar refractivity (Wildman–Crippen MR) is 135 cm³/mol. The van der Waals surface area contributed by atoms with E-state index in [1.165, 1.54) is 17.2 Å². The van der Waals surface area contributed by atoms with E-state index in [1.54, 1.807) is 43.4 Å². The molecule has 8 nitrogen and oxygen atoms in total. The van der Waals surface area contributed by atoms with E-state index in [4.69, 9.17) is 9.47 Å². The molecular formula is C28H27N3O5. The molecule has 1 aromatic heterocycles. The first-order valence-corrected chi connectivity index (χ1v) is 11.4. The third-order valence-electron chi connectivity index (χ3n) is 5.54. The summed E-state index contributed by atoms with van der Waals surface area (Å²) in [6.07, 6.45) is 1.47. The number of anilines is 1. The monoisotopic (exact) mass is 485 g/mol. The lowest BCUT2D eigenvalue weighted by molar-refractivity contribution is -0.120. The zero-order valence-electron chi connectivity index (χ0n) is 20.3. The Balaban J connectivity index is 1.48. The van der Waals surface area contributed by atoms with Crippen molar-refractivity contribution in [2.24, 2.45) is 5.41 Å². The number of benzene rings is 2. The summed E-state index contributed by atoms with van der Waals surface area (Å²) in [5.41, 5.74) is 0.796. The molecule has 1 aliphatic rings. The van der Waals surface area contributed by atoms with Gasteiger partial charge in [0.2, 0.25) is 0 Å². The van der Waals surface area contributed by atoms with Crippen LogP contribution in [-0.4, -0.2) is 48.2 Å². The summed E-state index contributed by atoms with van der Waals surface area (Å²) in [5.74, 6) is 6.80. The minimum atomic E-state index is -0.918. The van der Waals surface area contributed by atoms with Crippen molar-refractivity contribution in [2.75, 3.05) is 25.2 Å². The van der Waals surface area contributed by atoms with Crippen molar-refractivity contribution >= 4 is 17.5 Å². The zero-order valence-corrected chi connectivity index (χ0v) is 20.3. The molecule has 0 aliphatic carbocycles. The van der Waals surface area contributed by atoms with Gasteiger partial charge in [-0.1, -0.05) is 30.0 Å². The fourth-order valence-electron chi connectivity index (χ4n) is 3.42. The number of nitrogens with one attached hydrogen (secondary N) is 1. The topological polar surface area (TPSA) is 101 Å². The molecule has 1 atom stereocenters. The number of ether oxygens (including phenoxy) is 2. The molecule has 0 unspecified atom stereocenters.